The Bertz CT molecular complexity index is 1190. The minimum Gasteiger partial charge on any atom is -0.461 e. The van der Waals surface area contributed by atoms with Crippen LogP contribution in [0.1, 0.15) is 36.3 Å². The number of thioether (sulfide) groups is 1. The molecule has 31 heavy (non-hydrogen) atoms. The van der Waals surface area contributed by atoms with E-state index in [1.807, 2.05) is 55.7 Å². The fourth-order valence-electron chi connectivity index (χ4n) is 2.79. The molecule has 0 aliphatic rings. The number of nitrogens with zero attached hydrogens (tertiary/aromatic N) is 4. The lowest BCUT2D eigenvalue weighted by atomic mass is 10.1. The lowest BCUT2D eigenvalue weighted by Crippen LogP contribution is -2.40. The molecule has 0 saturated heterocycles. The van der Waals surface area contributed by atoms with Crippen LogP contribution in [0.2, 0.25) is 5.02 Å². The van der Waals surface area contributed by atoms with E-state index >= 15 is 0 Å². The summed E-state index contributed by atoms with van der Waals surface area (Å²) >= 11 is 9.13. The van der Waals surface area contributed by atoms with Crippen molar-refractivity contribution in [1.29, 1.82) is 0 Å². The molecule has 160 valence electrons. The normalized spacial score (nSPS) is 11.6. The highest BCUT2D eigenvalue weighted by atomic mass is 35.5. The molecule has 1 N–H and O–H groups in total. The number of furan rings is 1. The molecule has 0 bridgehead atoms. The molecule has 0 aliphatic heterocycles. The van der Waals surface area contributed by atoms with E-state index in [2.05, 4.69) is 20.5 Å². The van der Waals surface area contributed by atoms with E-state index in [9.17, 15) is 4.79 Å². The Balaban J connectivity index is 1.58. The number of thiazole rings is 1. The molecule has 7 nitrogen and oxygen atoms in total. The Hall–Kier alpha value is -2.62. The molecule has 0 fully saturated rings. The maximum Gasteiger partial charge on any atom is 0.271 e. The van der Waals surface area contributed by atoms with Crippen molar-refractivity contribution in [3.63, 3.8) is 0 Å². The predicted octanol–water partition coefficient (Wildman–Crippen LogP) is 5.46. The Morgan fingerprint density at radius 1 is 1.26 bits per heavy atom. The number of halogens is 1. The van der Waals surface area contributed by atoms with Crippen LogP contribution in [-0.4, -0.2) is 31.2 Å². The van der Waals surface area contributed by atoms with Gasteiger partial charge in [0, 0.05) is 15.9 Å². The number of amides is 1. The van der Waals surface area contributed by atoms with E-state index in [0.717, 1.165) is 10.7 Å². The van der Waals surface area contributed by atoms with Crippen LogP contribution in [0, 0.1) is 0 Å². The van der Waals surface area contributed by atoms with E-state index in [4.69, 9.17) is 16.0 Å². The maximum atomic E-state index is 12.3. The Morgan fingerprint density at radius 3 is 2.81 bits per heavy atom. The van der Waals surface area contributed by atoms with Crippen LogP contribution in [-0.2, 0) is 5.75 Å². The number of aromatic nitrogens is 4. The maximum absolute atomic E-state index is 12.3. The molecule has 4 aromatic rings. The van der Waals surface area contributed by atoms with Crippen LogP contribution in [0.25, 0.3) is 17.3 Å². The molecule has 0 saturated carbocycles. The van der Waals surface area contributed by atoms with Gasteiger partial charge in [-0.1, -0.05) is 29.4 Å². The monoisotopic (exact) mass is 473 g/mol. The van der Waals surface area contributed by atoms with Crippen LogP contribution in [0.15, 0.2) is 57.6 Å². The van der Waals surface area contributed by atoms with E-state index in [0.29, 0.717) is 33.2 Å². The molecule has 4 rings (SSSR count). The predicted molar refractivity (Wildman–Crippen MR) is 123 cm³/mol. The summed E-state index contributed by atoms with van der Waals surface area (Å²) in [6.45, 7) is 5.81. The van der Waals surface area contributed by atoms with Gasteiger partial charge in [-0.3, -0.25) is 9.36 Å². The number of nitrogens with one attached hydrogen (secondary N) is 1. The third-order valence-corrected chi connectivity index (χ3v) is 6.25. The fraction of sp³-hybridized carbons (Fsp3) is 0.238. The highest BCUT2D eigenvalue weighted by molar-refractivity contribution is 7.98. The minimum absolute atomic E-state index is 0.179. The van der Waals surface area contributed by atoms with Gasteiger partial charge >= 0.3 is 0 Å². The molecule has 0 aliphatic carbocycles. The zero-order chi connectivity index (χ0) is 22.0. The molecule has 0 radical (unpaired) electrons. The van der Waals surface area contributed by atoms with Crippen LogP contribution in [0.5, 0.6) is 0 Å². The fourth-order valence-corrected chi connectivity index (χ4v) is 4.72. The third kappa shape index (κ3) is 5.17. The van der Waals surface area contributed by atoms with Crippen LogP contribution < -0.4 is 5.32 Å². The smallest absolute Gasteiger partial charge is 0.271 e. The lowest BCUT2D eigenvalue weighted by Gasteiger charge is -2.19. The van der Waals surface area contributed by atoms with Gasteiger partial charge in [-0.05, 0) is 51.1 Å². The zero-order valence-corrected chi connectivity index (χ0v) is 19.5. The number of carbonyl (C=O) groups excluding carboxylic acids is 1. The second kappa shape index (κ2) is 8.86. The van der Waals surface area contributed by atoms with Gasteiger partial charge in [-0.2, -0.15) is 0 Å². The van der Waals surface area contributed by atoms with Crippen molar-refractivity contribution in [1.82, 2.24) is 25.1 Å². The molecular weight excluding hydrogens is 454 g/mol. The number of hydrogen-bond donors (Lipinski definition) is 1. The van der Waals surface area contributed by atoms with Crippen LogP contribution >= 0.6 is 34.7 Å². The van der Waals surface area contributed by atoms with Gasteiger partial charge in [-0.15, -0.1) is 21.5 Å². The molecule has 3 aromatic heterocycles. The van der Waals surface area contributed by atoms with Gasteiger partial charge in [0.1, 0.15) is 10.7 Å². The SMILES string of the molecule is CC(C)(C)NC(=O)c1csc(CSc2nnc(-c3ccco3)n2-c2cccc(Cl)c2)n1. The van der Waals surface area contributed by atoms with Crippen molar-refractivity contribution in [3.05, 3.63) is 63.8 Å². The molecule has 10 heteroatoms. The first-order valence-corrected chi connectivity index (χ1v) is 11.7. The molecule has 1 amide bonds. The first-order chi connectivity index (χ1) is 14.8. The van der Waals surface area contributed by atoms with E-state index in [-0.39, 0.29) is 11.4 Å². The van der Waals surface area contributed by atoms with E-state index < -0.39 is 0 Å². The number of carbonyl (C=O) groups is 1. The topological polar surface area (TPSA) is 85.8 Å². The van der Waals surface area contributed by atoms with Crippen molar-refractivity contribution >= 4 is 40.6 Å². The molecular formula is C21H20ClN5O2S2. The minimum atomic E-state index is -0.314. The summed E-state index contributed by atoms with van der Waals surface area (Å²) < 4.78 is 7.44. The van der Waals surface area contributed by atoms with Crippen molar-refractivity contribution < 1.29 is 9.21 Å². The standard InChI is InChI=1S/C21H20ClN5O2S2/c1-21(2,3)24-19(28)15-11-30-17(23-15)12-31-20-26-25-18(16-8-5-9-29-16)27(20)14-7-4-6-13(22)10-14/h4-11H,12H2,1-3H3,(H,24,28). The molecule has 0 unspecified atom stereocenters. The molecule has 0 atom stereocenters. The quantitative estimate of drug-likeness (QED) is 0.374. The van der Waals surface area contributed by atoms with Gasteiger partial charge in [0.25, 0.3) is 5.91 Å². The molecule has 0 spiro atoms. The van der Waals surface area contributed by atoms with Crippen molar-refractivity contribution in [2.45, 2.75) is 37.2 Å². The average Bonchev–Trinajstić information content (AvgIpc) is 3.44. The summed E-state index contributed by atoms with van der Waals surface area (Å²) in [7, 11) is 0. The summed E-state index contributed by atoms with van der Waals surface area (Å²) in [6.07, 6.45) is 1.60. The molecule has 1 aromatic carbocycles. The third-order valence-electron chi connectivity index (χ3n) is 4.04. The average molecular weight is 474 g/mol. The van der Waals surface area contributed by atoms with Gasteiger partial charge < -0.3 is 9.73 Å². The second-order valence-electron chi connectivity index (χ2n) is 7.72. The first kappa shape index (κ1) is 21.6. The number of benzene rings is 1. The largest absolute Gasteiger partial charge is 0.461 e. The van der Waals surface area contributed by atoms with Crippen molar-refractivity contribution in [3.8, 4) is 17.3 Å². The Morgan fingerprint density at radius 2 is 2.10 bits per heavy atom. The van der Waals surface area contributed by atoms with Crippen LogP contribution in [0.3, 0.4) is 0 Å². The zero-order valence-electron chi connectivity index (χ0n) is 17.1. The summed E-state index contributed by atoms with van der Waals surface area (Å²) in [5, 5.41) is 15.5. The second-order valence-corrected chi connectivity index (χ2v) is 10.0. The van der Waals surface area contributed by atoms with Crippen molar-refractivity contribution in [2.75, 3.05) is 0 Å². The number of rotatable bonds is 6. The summed E-state index contributed by atoms with van der Waals surface area (Å²) in [4.78, 5) is 16.8. The summed E-state index contributed by atoms with van der Waals surface area (Å²) in [5.74, 6) is 1.56. The van der Waals surface area contributed by atoms with Gasteiger partial charge in [0.05, 0.1) is 17.7 Å². The highest BCUT2D eigenvalue weighted by Crippen LogP contribution is 2.31. The van der Waals surface area contributed by atoms with Gasteiger partial charge in [0.2, 0.25) is 5.82 Å². The summed E-state index contributed by atoms with van der Waals surface area (Å²) in [5.41, 5.74) is 0.935. The highest BCUT2D eigenvalue weighted by Gasteiger charge is 2.20. The number of hydrogen-bond acceptors (Lipinski definition) is 7. The Kier molecular flexibility index (Phi) is 6.17. The van der Waals surface area contributed by atoms with Gasteiger partial charge in [0.15, 0.2) is 10.9 Å². The van der Waals surface area contributed by atoms with Crippen molar-refractivity contribution in [2.24, 2.45) is 0 Å². The Labute approximate surface area is 192 Å². The van der Waals surface area contributed by atoms with Gasteiger partial charge in [-0.25, -0.2) is 4.98 Å². The van der Waals surface area contributed by atoms with Crippen LogP contribution in [0.4, 0.5) is 0 Å². The molecule has 3 heterocycles. The first-order valence-electron chi connectivity index (χ1n) is 9.45. The summed E-state index contributed by atoms with van der Waals surface area (Å²) in [6, 6.07) is 11.1. The lowest BCUT2D eigenvalue weighted by molar-refractivity contribution is 0.0915. The van der Waals surface area contributed by atoms with E-state index in [1.54, 1.807) is 17.7 Å². The van der Waals surface area contributed by atoms with E-state index in [1.165, 1.54) is 23.1 Å².